The fourth-order valence-corrected chi connectivity index (χ4v) is 2.32. The summed E-state index contributed by atoms with van der Waals surface area (Å²) < 4.78 is 5.45. The summed E-state index contributed by atoms with van der Waals surface area (Å²) in [6, 6.07) is 13.1. The zero-order chi connectivity index (χ0) is 15.2. The molecule has 110 valence electrons. The molecule has 0 bridgehead atoms. The van der Waals surface area contributed by atoms with Crippen LogP contribution in [0.15, 0.2) is 47.4 Å². The molecule has 0 atom stereocenters. The normalized spacial score (nSPS) is 10.2. The number of benzene rings is 2. The molecule has 0 aliphatic heterocycles. The first-order valence-corrected chi connectivity index (χ1v) is 8.01. The minimum absolute atomic E-state index is 0.0759. The zero-order valence-electron chi connectivity index (χ0n) is 11.9. The molecule has 5 heteroatoms. The van der Waals surface area contributed by atoms with Crippen LogP contribution >= 0.6 is 23.4 Å². The van der Waals surface area contributed by atoms with Gasteiger partial charge in [0.05, 0.1) is 5.02 Å². The van der Waals surface area contributed by atoms with Gasteiger partial charge in [-0.25, -0.2) is 0 Å². The van der Waals surface area contributed by atoms with Gasteiger partial charge in [-0.1, -0.05) is 17.7 Å². The third-order valence-electron chi connectivity index (χ3n) is 2.82. The summed E-state index contributed by atoms with van der Waals surface area (Å²) in [6.45, 7) is 1.87. The Kier molecular flexibility index (Phi) is 5.53. The lowest BCUT2D eigenvalue weighted by atomic mass is 10.2. The van der Waals surface area contributed by atoms with Gasteiger partial charge in [-0.2, -0.15) is 0 Å². The number of ether oxygens (including phenoxy) is 1. The van der Waals surface area contributed by atoms with Crippen LogP contribution in [0.2, 0.25) is 5.02 Å². The number of rotatable bonds is 5. The van der Waals surface area contributed by atoms with Gasteiger partial charge in [0.25, 0.3) is 5.91 Å². The number of nitrogens with one attached hydrogen (secondary N) is 1. The summed E-state index contributed by atoms with van der Waals surface area (Å²) in [4.78, 5) is 13.0. The molecule has 3 nitrogen and oxygen atoms in total. The van der Waals surface area contributed by atoms with Crippen LogP contribution in [0.4, 0.5) is 5.69 Å². The SMILES string of the molecule is CSc1ccc(NC(=O)COc2cc(C)ccc2Cl)cc1. The molecule has 0 saturated heterocycles. The number of halogens is 1. The van der Waals surface area contributed by atoms with Crippen LogP contribution in [0.25, 0.3) is 0 Å². The molecule has 2 aromatic carbocycles. The van der Waals surface area contributed by atoms with E-state index < -0.39 is 0 Å². The number of hydrogen-bond acceptors (Lipinski definition) is 3. The lowest BCUT2D eigenvalue weighted by Crippen LogP contribution is -2.20. The molecule has 0 fully saturated rings. The average Bonchev–Trinajstić information content (AvgIpc) is 2.49. The van der Waals surface area contributed by atoms with Crippen molar-refractivity contribution >= 4 is 35.0 Å². The molecule has 0 aromatic heterocycles. The Hall–Kier alpha value is -1.65. The smallest absolute Gasteiger partial charge is 0.262 e. The molecule has 0 unspecified atom stereocenters. The fourth-order valence-electron chi connectivity index (χ4n) is 1.74. The number of thioether (sulfide) groups is 1. The molecule has 2 aromatic rings. The van der Waals surface area contributed by atoms with Crippen molar-refractivity contribution in [1.29, 1.82) is 0 Å². The summed E-state index contributed by atoms with van der Waals surface area (Å²) in [5, 5.41) is 3.28. The van der Waals surface area contributed by atoms with E-state index in [1.807, 2.05) is 49.6 Å². The Labute approximate surface area is 133 Å². The second kappa shape index (κ2) is 7.38. The first-order chi connectivity index (χ1) is 10.1. The van der Waals surface area contributed by atoms with E-state index in [1.165, 1.54) is 0 Å². The van der Waals surface area contributed by atoms with Gasteiger partial charge in [-0.15, -0.1) is 11.8 Å². The molecule has 0 radical (unpaired) electrons. The van der Waals surface area contributed by atoms with E-state index in [1.54, 1.807) is 17.8 Å². The van der Waals surface area contributed by atoms with E-state index >= 15 is 0 Å². The van der Waals surface area contributed by atoms with Gasteiger partial charge in [-0.05, 0) is 55.1 Å². The van der Waals surface area contributed by atoms with E-state index in [-0.39, 0.29) is 12.5 Å². The Balaban J connectivity index is 1.91. The van der Waals surface area contributed by atoms with Crippen molar-refractivity contribution in [2.45, 2.75) is 11.8 Å². The molecule has 0 aliphatic carbocycles. The second-order valence-electron chi connectivity index (χ2n) is 4.50. The predicted octanol–water partition coefficient (Wildman–Crippen LogP) is 4.39. The molecular weight excluding hydrogens is 306 g/mol. The monoisotopic (exact) mass is 321 g/mol. The van der Waals surface area contributed by atoms with Gasteiger partial charge in [-0.3, -0.25) is 4.79 Å². The summed E-state index contributed by atoms with van der Waals surface area (Å²) in [5.41, 5.74) is 1.78. The van der Waals surface area contributed by atoms with Gasteiger partial charge in [0, 0.05) is 10.6 Å². The van der Waals surface area contributed by atoms with Crippen molar-refractivity contribution < 1.29 is 9.53 Å². The van der Waals surface area contributed by atoms with Crippen molar-refractivity contribution in [3.8, 4) is 5.75 Å². The molecule has 1 N–H and O–H groups in total. The van der Waals surface area contributed by atoms with Crippen LogP contribution in [0.5, 0.6) is 5.75 Å². The number of aryl methyl sites for hydroxylation is 1. The quantitative estimate of drug-likeness (QED) is 0.830. The number of anilines is 1. The van der Waals surface area contributed by atoms with Gasteiger partial charge < -0.3 is 10.1 Å². The van der Waals surface area contributed by atoms with Gasteiger partial charge in [0.15, 0.2) is 6.61 Å². The van der Waals surface area contributed by atoms with Crippen LogP contribution in [-0.2, 0) is 4.79 Å². The number of amides is 1. The molecule has 2 rings (SSSR count). The summed E-state index contributed by atoms with van der Waals surface area (Å²) in [7, 11) is 0. The van der Waals surface area contributed by atoms with E-state index in [0.29, 0.717) is 10.8 Å². The molecule has 0 spiro atoms. The minimum atomic E-state index is -0.218. The minimum Gasteiger partial charge on any atom is -0.482 e. The third-order valence-corrected chi connectivity index (χ3v) is 3.88. The highest BCUT2D eigenvalue weighted by Gasteiger charge is 2.06. The lowest BCUT2D eigenvalue weighted by molar-refractivity contribution is -0.118. The maximum atomic E-state index is 11.9. The van der Waals surface area contributed by atoms with E-state index in [4.69, 9.17) is 16.3 Å². The highest BCUT2D eigenvalue weighted by Crippen LogP contribution is 2.25. The largest absolute Gasteiger partial charge is 0.482 e. The lowest BCUT2D eigenvalue weighted by Gasteiger charge is -2.09. The maximum absolute atomic E-state index is 11.9. The predicted molar refractivity (Wildman–Crippen MR) is 88.5 cm³/mol. The molecular formula is C16H16ClNO2S. The molecule has 0 heterocycles. The average molecular weight is 322 g/mol. The highest BCUT2D eigenvalue weighted by molar-refractivity contribution is 7.98. The van der Waals surface area contributed by atoms with Crippen molar-refractivity contribution in [2.24, 2.45) is 0 Å². The maximum Gasteiger partial charge on any atom is 0.262 e. The van der Waals surface area contributed by atoms with Gasteiger partial charge >= 0.3 is 0 Å². The topological polar surface area (TPSA) is 38.3 Å². The first kappa shape index (κ1) is 15.7. The Morgan fingerprint density at radius 3 is 2.62 bits per heavy atom. The summed E-state index contributed by atoms with van der Waals surface area (Å²) in [6.07, 6.45) is 2.01. The summed E-state index contributed by atoms with van der Waals surface area (Å²) >= 11 is 7.67. The van der Waals surface area contributed by atoms with Crippen LogP contribution in [0.3, 0.4) is 0 Å². The third kappa shape index (κ3) is 4.69. The molecule has 21 heavy (non-hydrogen) atoms. The van der Waals surface area contributed by atoms with Crippen molar-refractivity contribution in [2.75, 3.05) is 18.2 Å². The van der Waals surface area contributed by atoms with Gasteiger partial charge in [0.1, 0.15) is 5.75 Å². The van der Waals surface area contributed by atoms with E-state index in [0.717, 1.165) is 16.1 Å². The number of carbonyl (C=O) groups is 1. The van der Waals surface area contributed by atoms with Crippen LogP contribution in [0, 0.1) is 6.92 Å². The van der Waals surface area contributed by atoms with Crippen LogP contribution < -0.4 is 10.1 Å². The molecule has 0 saturated carbocycles. The van der Waals surface area contributed by atoms with Gasteiger partial charge in [0.2, 0.25) is 0 Å². The Morgan fingerprint density at radius 1 is 1.24 bits per heavy atom. The second-order valence-corrected chi connectivity index (χ2v) is 5.79. The summed E-state index contributed by atoms with van der Waals surface area (Å²) in [5.74, 6) is 0.300. The number of hydrogen-bond donors (Lipinski definition) is 1. The Morgan fingerprint density at radius 2 is 1.95 bits per heavy atom. The number of carbonyl (C=O) groups excluding carboxylic acids is 1. The highest BCUT2D eigenvalue weighted by atomic mass is 35.5. The fraction of sp³-hybridized carbons (Fsp3) is 0.188. The molecule has 1 amide bonds. The van der Waals surface area contributed by atoms with Crippen LogP contribution in [0.1, 0.15) is 5.56 Å². The zero-order valence-corrected chi connectivity index (χ0v) is 13.4. The standard InChI is InChI=1S/C16H16ClNO2S/c1-11-3-8-14(17)15(9-11)20-10-16(19)18-12-4-6-13(21-2)7-5-12/h3-9H,10H2,1-2H3,(H,18,19). The van der Waals surface area contributed by atoms with Crippen molar-refractivity contribution in [3.05, 3.63) is 53.1 Å². The van der Waals surface area contributed by atoms with Crippen molar-refractivity contribution in [3.63, 3.8) is 0 Å². The van der Waals surface area contributed by atoms with E-state index in [9.17, 15) is 4.79 Å². The Bertz CT molecular complexity index is 629. The first-order valence-electron chi connectivity index (χ1n) is 6.41. The van der Waals surface area contributed by atoms with Crippen LogP contribution in [-0.4, -0.2) is 18.8 Å². The van der Waals surface area contributed by atoms with E-state index in [2.05, 4.69) is 5.32 Å². The van der Waals surface area contributed by atoms with Crippen molar-refractivity contribution in [1.82, 2.24) is 0 Å². The molecule has 0 aliphatic rings.